The predicted molar refractivity (Wildman–Crippen MR) is 4.30 cm³/mol. The Morgan fingerprint density at radius 1 is 1.25 bits per heavy atom. The molecule has 4 heavy (non-hydrogen) atoms. The minimum Gasteiger partial charge on any atom is 0 e. The van der Waals surface area contributed by atoms with Crippen LogP contribution in [0.2, 0.25) is 0 Å². The van der Waals surface area contributed by atoms with Crippen LogP contribution in [0.1, 0.15) is 0 Å². The second kappa shape index (κ2) is 34.8. The van der Waals surface area contributed by atoms with Gasteiger partial charge < -0.3 is 5.48 Å². The summed E-state index contributed by atoms with van der Waals surface area (Å²) in [7, 11) is 0. The summed E-state index contributed by atoms with van der Waals surface area (Å²) in [6, 6.07) is 0. The van der Waals surface area contributed by atoms with Crippen molar-refractivity contribution in [2.75, 3.05) is 0 Å². The van der Waals surface area contributed by atoms with Crippen LogP contribution in [0, 0.1) is 0 Å². The van der Waals surface area contributed by atoms with Gasteiger partial charge in [0, 0.05) is 18.6 Å². The Bertz CT molecular complexity index is 6.00. The number of hydrogen-bond acceptors (Lipinski definition) is 1. The number of hydrogen-bond donors (Lipinski definition) is 0. The smallest absolute Gasteiger partial charge is 0 e. The molecule has 0 unspecified atom stereocenters. The minimum absolute atomic E-state index is 0. The molecule has 0 heterocycles. The zero-order valence-electron chi connectivity index (χ0n) is 1.76. The van der Waals surface area contributed by atoms with Gasteiger partial charge in [0.2, 0.25) is 0 Å². The molecular weight excluding hydrogens is 179 g/mol. The fraction of sp³-hybridized carbons (Fsp3) is 0. The molecule has 2 nitrogen and oxygen atoms in total. The molecule has 0 atom stereocenters. The average Bonchev–Trinajstić information content (AvgIpc) is 1.00. The molecule has 2 N–H and O–H groups in total. The van der Waals surface area contributed by atoms with Crippen molar-refractivity contribution in [3.63, 3.8) is 0 Å². The van der Waals surface area contributed by atoms with Crippen LogP contribution in [0.3, 0.4) is 0 Å². The topological polar surface area (TPSA) is 48.6 Å². The fourth-order valence-electron chi connectivity index (χ4n) is 0. The summed E-state index contributed by atoms with van der Waals surface area (Å²) in [6.07, 6.45) is 0. The third-order valence-electron chi connectivity index (χ3n) is 0. The van der Waals surface area contributed by atoms with E-state index in [-0.39, 0.29) is 24.0 Å². The van der Waals surface area contributed by atoms with Crippen molar-refractivity contribution >= 4 is 0 Å². The zero-order chi connectivity index (χ0) is 2.00. The normalized spacial score (nSPS) is 1.00. The Morgan fingerprint density at radius 3 is 1.25 bits per heavy atom. The van der Waals surface area contributed by atoms with E-state index in [1.807, 2.05) is 0 Å². The Balaban J connectivity index is -0.00000000500. The van der Waals surface area contributed by atoms with Crippen LogP contribution in [0.5, 0.6) is 0 Å². The van der Waals surface area contributed by atoms with Crippen molar-refractivity contribution in [2.24, 2.45) is 0 Å². The van der Waals surface area contributed by atoms with Gasteiger partial charge >= 0.3 is 23.2 Å². The van der Waals surface area contributed by atoms with E-state index in [1.54, 1.807) is 0 Å². The summed E-state index contributed by atoms with van der Waals surface area (Å²) in [5.41, 5.74) is 0. The maximum absolute atomic E-state index is 8.26. The molecule has 1 radical (unpaired) electrons. The van der Waals surface area contributed by atoms with Gasteiger partial charge in [-0.2, -0.15) is 0 Å². The molecule has 0 saturated carbocycles. The van der Waals surface area contributed by atoms with Crippen LogP contribution in [0.15, 0.2) is 0 Å². The van der Waals surface area contributed by atoms with E-state index < -0.39 is 0 Å². The van der Waals surface area contributed by atoms with Crippen LogP contribution in [0.25, 0.3) is 0 Å². The van der Waals surface area contributed by atoms with Crippen molar-refractivity contribution in [3.05, 3.63) is 0 Å². The van der Waals surface area contributed by atoms with Gasteiger partial charge in [-0.05, 0) is 0 Å². The molecular formula is H2MoO2V. The maximum Gasteiger partial charge on any atom is 0 e. The molecule has 0 aromatic carbocycles. The maximum atomic E-state index is 8.26. The molecule has 0 aliphatic rings. The second-order valence-corrected chi connectivity index (χ2v) is 0. The molecule has 0 spiro atoms. The van der Waals surface area contributed by atoms with E-state index in [2.05, 4.69) is 0 Å². The van der Waals surface area contributed by atoms with Crippen LogP contribution in [0.4, 0.5) is 0 Å². The summed E-state index contributed by atoms with van der Waals surface area (Å²) in [4.78, 5) is 0. The first-order valence-electron chi connectivity index (χ1n) is 0.167. The van der Waals surface area contributed by atoms with E-state index in [0.29, 0.717) is 19.8 Å². The van der Waals surface area contributed by atoms with Crippen LogP contribution < -0.4 is 0 Å². The van der Waals surface area contributed by atoms with Gasteiger partial charge in [-0.25, -0.2) is 0 Å². The Hall–Kier alpha value is 1.03. The summed E-state index contributed by atoms with van der Waals surface area (Å²) in [5, 5.41) is 0. The van der Waals surface area contributed by atoms with Crippen LogP contribution >= 0.6 is 0 Å². The largest absolute Gasteiger partial charge is 0 e. The Kier molecular flexibility index (Phi) is 172. The monoisotopic (exact) mass is 183 g/mol. The first-order valence-corrected chi connectivity index (χ1v) is 0.986. The van der Waals surface area contributed by atoms with E-state index in [1.165, 1.54) is 0 Å². The summed E-state index contributed by atoms with van der Waals surface area (Å²) in [6.45, 7) is 0. The van der Waals surface area contributed by atoms with Gasteiger partial charge in [-0.3, -0.25) is 0 Å². The van der Waals surface area contributed by atoms with Gasteiger partial charge in [0.1, 0.15) is 0 Å². The van der Waals surface area contributed by atoms with E-state index in [4.69, 9.17) is 3.40 Å². The van der Waals surface area contributed by atoms with Crippen molar-refractivity contribution in [2.45, 2.75) is 0 Å². The van der Waals surface area contributed by atoms with Gasteiger partial charge in [-0.1, -0.05) is 0 Å². The Morgan fingerprint density at radius 2 is 1.25 bits per heavy atom. The summed E-state index contributed by atoms with van der Waals surface area (Å²) < 4.78 is 8.26. The molecule has 0 aromatic heterocycles. The van der Waals surface area contributed by atoms with E-state index in [0.717, 1.165) is 0 Å². The van der Waals surface area contributed by atoms with Crippen molar-refractivity contribution < 1.29 is 47.2 Å². The first kappa shape index (κ1) is 19.8. The first-order chi connectivity index (χ1) is 1.00. The van der Waals surface area contributed by atoms with Gasteiger partial charge in [-0.15, -0.1) is 0 Å². The van der Waals surface area contributed by atoms with Crippen molar-refractivity contribution in [3.8, 4) is 0 Å². The average molecular weight is 181 g/mol. The van der Waals surface area contributed by atoms with E-state index in [9.17, 15) is 0 Å². The molecule has 25 valence electrons. The van der Waals surface area contributed by atoms with Crippen molar-refractivity contribution in [1.29, 1.82) is 0 Å². The van der Waals surface area contributed by atoms with Crippen molar-refractivity contribution in [1.82, 2.24) is 0 Å². The van der Waals surface area contributed by atoms with E-state index >= 15 is 0 Å². The van der Waals surface area contributed by atoms with Crippen LogP contribution in [-0.4, -0.2) is 5.48 Å². The molecule has 0 rings (SSSR count). The molecule has 4 heteroatoms. The molecule has 0 aliphatic heterocycles. The third kappa shape index (κ3) is 11.7. The molecule has 0 aromatic rings. The van der Waals surface area contributed by atoms with Gasteiger partial charge in [0.05, 0.1) is 0 Å². The second-order valence-electron chi connectivity index (χ2n) is 0. The third-order valence-corrected chi connectivity index (χ3v) is 0. The van der Waals surface area contributed by atoms with Crippen LogP contribution in [-0.2, 0) is 41.7 Å². The summed E-state index contributed by atoms with van der Waals surface area (Å²) in [5.74, 6) is 0. The molecule has 0 aliphatic carbocycles. The standard InChI is InChI=1S/Mo.H2O.O.V/h;1H2;;. The molecule has 0 amide bonds. The molecule has 0 bridgehead atoms. The minimum atomic E-state index is 0. The van der Waals surface area contributed by atoms with Gasteiger partial charge in [0.15, 0.2) is 0 Å². The zero-order valence-corrected chi connectivity index (χ0v) is 5.17. The quantitative estimate of drug-likeness (QED) is 0.444. The van der Waals surface area contributed by atoms with Gasteiger partial charge in [0.25, 0.3) is 0 Å². The SMILES string of the molecule is O.[O]=[Mo].[V]. The number of rotatable bonds is 0. The summed E-state index contributed by atoms with van der Waals surface area (Å²) >= 11 is 0.700. The Labute approximate surface area is 47.4 Å². The predicted octanol–water partition coefficient (Wildman–Crippen LogP) is -0.949. The fourth-order valence-corrected chi connectivity index (χ4v) is 0. The molecule has 0 saturated heterocycles. The molecule has 0 fully saturated rings.